The minimum absolute atomic E-state index is 0. The fraction of sp³-hybridized carbons (Fsp3) is 0.0833. The lowest BCUT2D eigenvalue weighted by Crippen LogP contribution is -3.00. The quantitative estimate of drug-likeness (QED) is 0.402. The maximum atomic E-state index is 11.9. The SMILES string of the molecule is O=C(C[n+]1ccncc1Cl)c1ccc(Cl)cc1.[I-]. The minimum atomic E-state index is -0.0280. The Morgan fingerprint density at radius 2 is 1.89 bits per heavy atom. The molecule has 0 aliphatic carbocycles. The largest absolute Gasteiger partial charge is 1.00 e. The molecule has 0 saturated heterocycles. The van der Waals surface area contributed by atoms with E-state index in [2.05, 4.69) is 4.98 Å². The normalized spacial score (nSPS) is 9.67. The number of nitrogens with zero attached hydrogens (tertiary/aromatic N) is 2. The van der Waals surface area contributed by atoms with E-state index in [-0.39, 0.29) is 36.3 Å². The summed E-state index contributed by atoms with van der Waals surface area (Å²) >= 11 is 11.7. The van der Waals surface area contributed by atoms with Crippen LogP contribution in [0.5, 0.6) is 0 Å². The summed E-state index contributed by atoms with van der Waals surface area (Å²) in [5.74, 6) is -0.0280. The molecule has 6 heteroatoms. The van der Waals surface area contributed by atoms with Crippen LogP contribution in [-0.4, -0.2) is 10.8 Å². The molecule has 0 amide bonds. The van der Waals surface area contributed by atoms with E-state index in [0.29, 0.717) is 15.7 Å². The number of carbonyl (C=O) groups is 1. The molecule has 0 aliphatic heterocycles. The Morgan fingerprint density at radius 1 is 1.22 bits per heavy atom. The first-order valence-electron chi connectivity index (χ1n) is 4.94. The molecule has 2 aromatic rings. The van der Waals surface area contributed by atoms with Crippen LogP contribution >= 0.6 is 23.2 Å². The van der Waals surface area contributed by atoms with Crippen LogP contribution in [0, 0.1) is 0 Å². The van der Waals surface area contributed by atoms with Gasteiger partial charge in [0.1, 0.15) is 6.20 Å². The molecule has 0 atom stereocenters. The third-order valence-electron chi connectivity index (χ3n) is 2.27. The first-order chi connectivity index (χ1) is 8.16. The monoisotopic (exact) mass is 394 g/mol. The molecule has 0 N–H and O–H groups in total. The van der Waals surface area contributed by atoms with Gasteiger partial charge in [-0.2, -0.15) is 4.57 Å². The lowest BCUT2D eigenvalue weighted by Gasteiger charge is -1.99. The number of Topliss-reactive ketones (excluding diaryl/α,β-unsaturated/α-hetero) is 1. The van der Waals surface area contributed by atoms with Gasteiger partial charge in [-0.15, -0.1) is 0 Å². The second-order valence-electron chi connectivity index (χ2n) is 3.46. The van der Waals surface area contributed by atoms with Crippen LogP contribution in [0.4, 0.5) is 0 Å². The molecule has 18 heavy (non-hydrogen) atoms. The van der Waals surface area contributed by atoms with Gasteiger partial charge in [-0.3, -0.25) is 9.78 Å². The van der Waals surface area contributed by atoms with Gasteiger partial charge in [0.15, 0.2) is 6.20 Å². The third kappa shape index (κ3) is 3.90. The molecular weight excluding hydrogens is 386 g/mol. The lowest BCUT2D eigenvalue weighted by molar-refractivity contribution is -0.681. The van der Waals surface area contributed by atoms with Gasteiger partial charge in [-0.25, -0.2) is 0 Å². The molecule has 1 heterocycles. The Hall–Kier alpha value is -0.720. The smallest absolute Gasteiger partial charge is 0.293 e. The van der Waals surface area contributed by atoms with Crippen LogP contribution in [0.3, 0.4) is 0 Å². The summed E-state index contributed by atoms with van der Waals surface area (Å²) in [4.78, 5) is 15.8. The van der Waals surface area contributed by atoms with Crippen molar-refractivity contribution in [1.29, 1.82) is 0 Å². The van der Waals surface area contributed by atoms with Crippen molar-refractivity contribution in [2.75, 3.05) is 0 Å². The van der Waals surface area contributed by atoms with E-state index in [4.69, 9.17) is 23.2 Å². The van der Waals surface area contributed by atoms with Gasteiger partial charge in [0.25, 0.3) is 5.15 Å². The zero-order chi connectivity index (χ0) is 12.3. The second-order valence-corrected chi connectivity index (χ2v) is 4.28. The average Bonchev–Trinajstić information content (AvgIpc) is 2.33. The molecule has 0 fully saturated rings. The molecule has 0 unspecified atom stereocenters. The first kappa shape index (κ1) is 15.3. The molecule has 0 aliphatic rings. The fourth-order valence-corrected chi connectivity index (χ4v) is 1.68. The molecule has 2 rings (SSSR count). The lowest BCUT2D eigenvalue weighted by atomic mass is 10.1. The van der Waals surface area contributed by atoms with Crippen molar-refractivity contribution < 1.29 is 33.3 Å². The molecule has 0 spiro atoms. The number of rotatable bonds is 3. The fourth-order valence-electron chi connectivity index (χ4n) is 1.38. The van der Waals surface area contributed by atoms with E-state index in [1.807, 2.05) is 0 Å². The standard InChI is InChI=1S/C12H9Cl2N2O.HI/c13-10-3-1-9(2-4-10)11(17)8-16-6-5-15-7-12(16)14;/h1-7H,8H2;1H/q+1;/p-1. The third-order valence-corrected chi connectivity index (χ3v) is 2.83. The highest BCUT2D eigenvalue weighted by Crippen LogP contribution is 2.10. The maximum Gasteiger partial charge on any atom is 0.293 e. The molecule has 1 aromatic carbocycles. The molecule has 1 aromatic heterocycles. The Kier molecular flexibility index (Phi) is 5.98. The average molecular weight is 395 g/mol. The van der Waals surface area contributed by atoms with Crippen LogP contribution in [0.25, 0.3) is 0 Å². The molecule has 94 valence electrons. The number of hydrogen-bond acceptors (Lipinski definition) is 2. The van der Waals surface area contributed by atoms with Crippen LogP contribution < -0.4 is 28.5 Å². The number of halogens is 3. The molecular formula is C12H9Cl2IN2O. The second kappa shape index (κ2) is 7.01. The minimum Gasteiger partial charge on any atom is -1.00 e. The van der Waals surface area contributed by atoms with Gasteiger partial charge in [-0.1, -0.05) is 11.6 Å². The highest BCUT2D eigenvalue weighted by Gasteiger charge is 2.14. The van der Waals surface area contributed by atoms with E-state index in [1.165, 1.54) is 6.20 Å². The van der Waals surface area contributed by atoms with E-state index >= 15 is 0 Å². The number of hydrogen-bond donors (Lipinski definition) is 0. The van der Waals surface area contributed by atoms with Crippen molar-refractivity contribution in [3.63, 3.8) is 0 Å². The van der Waals surface area contributed by atoms with Gasteiger partial charge in [-0.05, 0) is 35.9 Å². The van der Waals surface area contributed by atoms with Crippen molar-refractivity contribution in [2.24, 2.45) is 0 Å². The van der Waals surface area contributed by atoms with E-state index in [0.717, 1.165) is 0 Å². The maximum absolute atomic E-state index is 11.9. The summed E-state index contributed by atoms with van der Waals surface area (Å²) in [6.07, 6.45) is 4.74. The van der Waals surface area contributed by atoms with Gasteiger partial charge < -0.3 is 24.0 Å². The summed E-state index contributed by atoms with van der Waals surface area (Å²) in [5.41, 5.74) is 0.606. The highest BCUT2D eigenvalue weighted by molar-refractivity contribution is 6.30. The first-order valence-corrected chi connectivity index (χ1v) is 5.70. The summed E-state index contributed by atoms with van der Waals surface area (Å²) in [6, 6.07) is 6.77. The molecule has 0 bridgehead atoms. The van der Waals surface area contributed by atoms with E-state index in [1.54, 1.807) is 41.2 Å². The Bertz CT molecular complexity index is 546. The number of benzene rings is 1. The van der Waals surface area contributed by atoms with Gasteiger partial charge >= 0.3 is 0 Å². The van der Waals surface area contributed by atoms with Crippen molar-refractivity contribution in [1.82, 2.24) is 4.98 Å². The van der Waals surface area contributed by atoms with Crippen LogP contribution in [0.15, 0.2) is 42.9 Å². The van der Waals surface area contributed by atoms with Gasteiger partial charge in [0.2, 0.25) is 12.3 Å². The summed E-state index contributed by atoms with van der Waals surface area (Å²) in [6.45, 7) is 0.184. The Labute approximate surface area is 132 Å². The highest BCUT2D eigenvalue weighted by atomic mass is 127. The van der Waals surface area contributed by atoms with E-state index < -0.39 is 0 Å². The van der Waals surface area contributed by atoms with Crippen molar-refractivity contribution in [3.05, 3.63) is 58.6 Å². The predicted molar refractivity (Wildman–Crippen MR) is 65.2 cm³/mol. The molecule has 0 radical (unpaired) electrons. The summed E-state index contributed by atoms with van der Waals surface area (Å²) < 4.78 is 1.63. The van der Waals surface area contributed by atoms with Gasteiger partial charge in [0.05, 0.1) is 6.20 Å². The number of carbonyl (C=O) groups excluding carboxylic acids is 1. The Balaban J connectivity index is 0.00000162. The van der Waals surface area contributed by atoms with E-state index in [9.17, 15) is 4.79 Å². The summed E-state index contributed by atoms with van der Waals surface area (Å²) in [5, 5.41) is 1.03. The van der Waals surface area contributed by atoms with Crippen LogP contribution in [-0.2, 0) is 6.54 Å². The Morgan fingerprint density at radius 3 is 2.50 bits per heavy atom. The molecule has 3 nitrogen and oxygen atoms in total. The van der Waals surface area contributed by atoms with Crippen molar-refractivity contribution in [2.45, 2.75) is 6.54 Å². The van der Waals surface area contributed by atoms with Crippen LogP contribution in [0.1, 0.15) is 10.4 Å². The zero-order valence-electron chi connectivity index (χ0n) is 9.19. The topological polar surface area (TPSA) is 33.8 Å². The van der Waals surface area contributed by atoms with Gasteiger partial charge in [0, 0.05) is 10.6 Å². The van der Waals surface area contributed by atoms with Crippen LogP contribution in [0.2, 0.25) is 10.2 Å². The number of ketones is 1. The predicted octanol–water partition coefficient (Wildman–Crippen LogP) is -0.437. The van der Waals surface area contributed by atoms with Crippen molar-refractivity contribution in [3.8, 4) is 0 Å². The molecule has 0 saturated carbocycles. The number of aromatic nitrogens is 2. The summed E-state index contributed by atoms with van der Waals surface area (Å²) in [7, 11) is 0. The van der Waals surface area contributed by atoms with Crippen molar-refractivity contribution >= 4 is 29.0 Å². The zero-order valence-corrected chi connectivity index (χ0v) is 12.9.